The van der Waals surface area contributed by atoms with Gasteiger partial charge < -0.3 is 9.94 Å². The molecule has 0 fully saturated rings. The van der Waals surface area contributed by atoms with Crippen molar-refractivity contribution in [2.75, 3.05) is 0 Å². The Morgan fingerprint density at radius 3 is 2.77 bits per heavy atom. The molecule has 0 unspecified atom stereocenters. The Morgan fingerprint density at radius 1 is 1.46 bits per heavy atom. The van der Waals surface area contributed by atoms with Crippen LogP contribution in [-0.2, 0) is 16.1 Å². The van der Waals surface area contributed by atoms with E-state index in [4.69, 9.17) is 9.94 Å². The molecule has 68 valence electrons. The minimum Gasteiger partial charge on any atom is -0.456 e. The van der Waals surface area contributed by atoms with Gasteiger partial charge >= 0.3 is 5.97 Å². The number of nitrogens with zero attached hydrogens (tertiary/aromatic N) is 1. The number of benzene rings is 1. The largest absolute Gasteiger partial charge is 0.456 e. The van der Waals surface area contributed by atoms with Crippen molar-refractivity contribution in [1.29, 1.82) is 0 Å². The minimum absolute atomic E-state index is 0.186. The van der Waals surface area contributed by atoms with Crippen molar-refractivity contribution in [2.45, 2.75) is 6.61 Å². The summed E-state index contributed by atoms with van der Waals surface area (Å²) in [6.07, 6.45) is 0.711. The summed E-state index contributed by atoms with van der Waals surface area (Å²) < 4.78 is 4.72. The lowest BCUT2D eigenvalue weighted by Gasteiger charge is -2.00. The Labute approximate surface area is 75.4 Å². The number of oxime groups is 1. The maximum atomic E-state index is 10.7. The molecule has 0 aliphatic rings. The molecule has 1 rings (SSSR count). The molecule has 4 nitrogen and oxygen atoms in total. The fraction of sp³-hybridized carbons (Fsp3) is 0.111. The highest BCUT2D eigenvalue weighted by Gasteiger charge is 1.97. The van der Waals surface area contributed by atoms with Crippen LogP contribution in [0.15, 0.2) is 35.5 Å². The van der Waals surface area contributed by atoms with E-state index in [2.05, 4.69) is 5.16 Å². The Hall–Kier alpha value is -1.84. The average molecular weight is 179 g/mol. The summed E-state index contributed by atoms with van der Waals surface area (Å²) in [6, 6.07) is 9.25. The van der Waals surface area contributed by atoms with Crippen LogP contribution in [-0.4, -0.2) is 17.4 Å². The molecule has 0 aliphatic heterocycles. The summed E-state index contributed by atoms with van der Waals surface area (Å²) in [5.41, 5.74) is 0.891. The smallest absolute Gasteiger partial charge is 0.353 e. The Kier molecular flexibility index (Phi) is 3.50. The van der Waals surface area contributed by atoms with Crippen LogP contribution in [0.5, 0.6) is 0 Å². The van der Waals surface area contributed by atoms with Crippen molar-refractivity contribution in [1.82, 2.24) is 0 Å². The molecule has 0 saturated carbocycles. The van der Waals surface area contributed by atoms with E-state index in [1.165, 1.54) is 0 Å². The van der Waals surface area contributed by atoms with Crippen molar-refractivity contribution < 1.29 is 14.7 Å². The third-order valence-corrected chi connectivity index (χ3v) is 1.39. The van der Waals surface area contributed by atoms with Gasteiger partial charge in [-0.3, -0.25) is 0 Å². The molecule has 1 N–H and O–H groups in total. The molecule has 0 atom stereocenters. The van der Waals surface area contributed by atoms with Gasteiger partial charge in [-0.05, 0) is 5.56 Å². The normalized spacial score (nSPS) is 10.2. The molecule has 4 heteroatoms. The first-order valence-corrected chi connectivity index (χ1v) is 3.71. The maximum Gasteiger partial charge on any atom is 0.353 e. The first kappa shape index (κ1) is 9.25. The van der Waals surface area contributed by atoms with E-state index in [0.29, 0.717) is 6.21 Å². The first-order chi connectivity index (χ1) is 6.33. The predicted molar refractivity (Wildman–Crippen MR) is 46.5 cm³/mol. The molecule has 0 bridgehead atoms. The number of rotatable bonds is 3. The monoisotopic (exact) mass is 179 g/mol. The van der Waals surface area contributed by atoms with Crippen LogP contribution in [0.25, 0.3) is 0 Å². The van der Waals surface area contributed by atoms with E-state index in [0.717, 1.165) is 5.56 Å². The Morgan fingerprint density at radius 2 is 2.15 bits per heavy atom. The van der Waals surface area contributed by atoms with Gasteiger partial charge in [0.2, 0.25) is 0 Å². The minimum atomic E-state index is -0.661. The number of carbonyl (C=O) groups is 1. The number of esters is 1. The lowest BCUT2D eigenvalue weighted by atomic mass is 10.2. The molecular formula is C9H9NO3. The van der Waals surface area contributed by atoms with Gasteiger partial charge in [-0.1, -0.05) is 35.5 Å². The molecular weight excluding hydrogens is 170 g/mol. The standard InChI is InChI=1S/C9H9NO3/c11-9(6-10-12)13-7-8-4-2-1-3-5-8/h1-6,12H,7H2. The topological polar surface area (TPSA) is 58.9 Å². The number of hydrogen-bond donors (Lipinski definition) is 1. The van der Waals surface area contributed by atoms with Crippen LogP contribution in [0.1, 0.15) is 5.56 Å². The maximum absolute atomic E-state index is 10.7. The summed E-state index contributed by atoms with van der Waals surface area (Å²) in [5.74, 6) is -0.661. The second-order valence-corrected chi connectivity index (χ2v) is 2.34. The zero-order chi connectivity index (χ0) is 9.52. The average Bonchev–Trinajstić information content (AvgIpc) is 2.17. The summed E-state index contributed by atoms with van der Waals surface area (Å²) >= 11 is 0. The highest BCUT2D eigenvalue weighted by molar-refractivity contribution is 6.22. The van der Waals surface area contributed by atoms with Gasteiger partial charge in [-0.2, -0.15) is 0 Å². The van der Waals surface area contributed by atoms with Gasteiger partial charge in [0.25, 0.3) is 0 Å². The highest BCUT2D eigenvalue weighted by atomic mass is 16.5. The van der Waals surface area contributed by atoms with Gasteiger partial charge in [-0.15, -0.1) is 0 Å². The van der Waals surface area contributed by atoms with Gasteiger partial charge in [0.15, 0.2) is 6.21 Å². The second kappa shape index (κ2) is 4.92. The molecule has 13 heavy (non-hydrogen) atoms. The second-order valence-electron chi connectivity index (χ2n) is 2.34. The van der Waals surface area contributed by atoms with E-state index in [1.807, 2.05) is 30.3 Å². The van der Waals surface area contributed by atoms with Crippen LogP contribution in [0.2, 0.25) is 0 Å². The quantitative estimate of drug-likeness (QED) is 0.328. The number of carbonyl (C=O) groups excluding carboxylic acids is 1. The van der Waals surface area contributed by atoms with Gasteiger partial charge in [0, 0.05) is 0 Å². The van der Waals surface area contributed by atoms with Gasteiger partial charge in [0.05, 0.1) is 0 Å². The van der Waals surface area contributed by atoms with Crippen molar-refractivity contribution in [2.24, 2.45) is 5.16 Å². The zero-order valence-electron chi connectivity index (χ0n) is 6.88. The summed E-state index contributed by atoms with van der Waals surface area (Å²) in [6.45, 7) is 0.186. The van der Waals surface area contributed by atoms with Crippen molar-refractivity contribution in [3.8, 4) is 0 Å². The molecule has 0 aliphatic carbocycles. The fourth-order valence-corrected chi connectivity index (χ4v) is 0.813. The van der Waals surface area contributed by atoms with Crippen LogP contribution in [0, 0.1) is 0 Å². The molecule has 0 radical (unpaired) electrons. The predicted octanol–water partition coefficient (Wildman–Crippen LogP) is 1.19. The van der Waals surface area contributed by atoms with Gasteiger partial charge in [0.1, 0.15) is 6.61 Å². The molecule has 0 heterocycles. The fourth-order valence-electron chi connectivity index (χ4n) is 0.813. The van der Waals surface area contributed by atoms with E-state index in [9.17, 15) is 4.79 Å². The van der Waals surface area contributed by atoms with Crippen LogP contribution < -0.4 is 0 Å². The molecule has 0 amide bonds. The third kappa shape index (κ3) is 3.37. The summed E-state index contributed by atoms with van der Waals surface area (Å²) in [7, 11) is 0. The lowest BCUT2D eigenvalue weighted by molar-refractivity contribution is -0.136. The number of hydrogen-bond acceptors (Lipinski definition) is 4. The highest BCUT2D eigenvalue weighted by Crippen LogP contribution is 1.99. The Balaban J connectivity index is 2.40. The lowest BCUT2D eigenvalue weighted by Crippen LogP contribution is -2.05. The third-order valence-electron chi connectivity index (χ3n) is 1.39. The summed E-state index contributed by atoms with van der Waals surface area (Å²) in [4.78, 5) is 10.7. The van der Waals surface area contributed by atoms with Crippen LogP contribution in [0.4, 0.5) is 0 Å². The van der Waals surface area contributed by atoms with E-state index >= 15 is 0 Å². The van der Waals surface area contributed by atoms with Gasteiger partial charge in [-0.25, -0.2) is 4.79 Å². The molecule has 0 spiro atoms. The van der Waals surface area contributed by atoms with Crippen molar-refractivity contribution >= 4 is 12.2 Å². The van der Waals surface area contributed by atoms with E-state index < -0.39 is 5.97 Å². The van der Waals surface area contributed by atoms with E-state index in [-0.39, 0.29) is 6.61 Å². The van der Waals surface area contributed by atoms with Crippen molar-refractivity contribution in [3.05, 3.63) is 35.9 Å². The number of ether oxygens (including phenoxy) is 1. The van der Waals surface area contributed by atoms with Crippen molar-refractivity contribution in [3.63, 3.8) is 0 Å². The SMILES string of the molecule is O=C(C=NO)OCc1ccccc1. The molecule has 1 aromatic rings. The van der Waals surface area contributed by atoms with E-state index in [1.54, 1.807) is 0 Å². The first-order valence-electron chi connectivity index (χ1n) is 3.71. The molecule has 0 aromatic heterocycles. The Bertz CT molecular complexity index is 295. The van der Waals surface area contributed by atoms with Crippen LogP contribution >= 0.6 is 0 Å². The summed E-state index contributed by atoms with van der Waals surface area (Å²) in [5, 5.41) is 10.6. The molecule has 1 aromatic carbocycles. The van der Waals surface area contributed by atoms with Crippen LogP contribution in [0.3, 0.4) is 0 Å². The molecule has 0 saturated heterocycles. The zero-order valence-corrected chi connectivity index (χ0v) is 6.88.